The molecule has 1 aromatic carbocycles. The van der Waals surface area contributed by atoms with Crippen molar-refractivity contribution < 1.29 is 19.4 Å². The van der Waals surface area contributed by atoms with E-state index < -0.39 is 17.1 Å². The number of rotatable bonds is 3. The number of fused-ring (bicyclic) bond motifs is 1. The van der Waals surface area contributed by atoms with Gasteiger partial charge >= 0.3 is 5.97 Å². The second kappa shape index (κ2) is 5.06. The summed E-state index contributed by atoms with van der Waals surface area (Å²) in [5.41, 5.74) is -1.52. The molecule has 5 heteroatoms. The Morgan fingerprint density at radius 3 is 2.48 bits per heavy atom. The Kier molecular flexibility index (Phi) is 3.70. The normalized spacial score (nSPS) is 22.9. The summed E-state index contributed by atoms with van der Waals surface area (Å²) >= 11 is 0. The summed E-state index contributed by atoms with van der Waals surface area (Å²) in [6.07, 6.45) is 0.208. The topological polar surface area (TPSA) is 66.8 Å². The number of benzene rings is 1. The maximum absolute atomic E-state index is 12.2. The van der Waals surface area contributed by atoms with Crippen molar-refractivity contribution in [1.29, 1.82) is 0 Å². The lowest BCUT2D eigenvalue weighted by Gasteiger charge is -2.48. The minimum Gasteiger partial charge on any atom is -0.487 e. The Morgan fingerprint density at radius 2 is 1.95 bits per heavy atom. The van der Waals surface area contributed by atoms with Crippen LogP contribution < -0.4 is 4.74 Å². The molecule has 114 valence electrons. The van der Waals surface area contributed by atoms with E-state index in [1.165, 1.54) is 11.8 Å². The van der Waals surface area contributed by atoms with Crippen molar-refractivity contribution in [2.45, 2.75) is 45.3 Å². The van der Waals surface area contributed by atoms with Crippen molar-refractivity contribution in [2.24, 2.45) is 0 Å². The number of ether oxygens (including phenoxy) is 1. The van der Waals surface area contributed by atoms with Gasteiger partial charge in [-0.15, -0.1) is 0 Å². The molecule has 1 atom stereocenters. The second-order valence-electron chi connectivity index (χ2n) is 5.96. The van der Waals surface area contributed by atoms with Crippen LogP contribution in [-0.4, -0.2) is 34.0 Å². The number of carbonyl (C=O) groups is 2. The van der Waals surface area contributed by atoms with Crippen LogP contribution in [0.5, 0.6) is 5.75 Å². The minimum atomic E-state index is -1.39. The van der Waals surface area contributed by atoms with E-state index in [1.807, 2.05) is 13.8 Å². The molecule has 0 saturated heterocycles. The van der Waals surface area contributed by atoms with Crippen molar-refractivity contribution >= 4 is 11.9 Å². The molecule has 0 aromatic heterocycles. The van der Waals surface area contributed by atoms with Crippen molar-refractivity contribution in [3.8, 4) is 5.75 Å². The van der Waals surface area contributed by atoms with Crippen molar-refractivity contribution in [3.63, 3.8) is 0 Å². The lowest BCUT2D eigenvalue weighted by Crippen LogP contribution is -2.60. The molecule has 0 saturated carbocycles. The molecule has 1 unspecified atom stereocenters. The highest BCUT2D eigenvalue weighted by Gasteiger charge is 2.55. The third-order valence-electron chi connectivity index (χ3n) is 3.91. The predicted molar refractivity (Wildman–Crippen MR) is 78.1 cm³/mol. The van der Waals surface area contributed by atoms with E-state index in [-0.39, 0.29) is 12.3 Å². The van der Waals surface area contributed by atoms with Crippen LogP contribution in [0.25, 0.3) is 0 Å². The molecular weight excluding hydrogens is 270 g/mol. The van der Waals surface area contributed by atoms with E-state index in [0.29, 0.717) is 17.9 Å². The number of nitrogens with zero attached hydrogens (tertiary/aromatic N) is 1. The molecule has 1 aliphatic heterocycles. The van der Waals surface area contributed by atoms with Crippen molar-refractivity contribution in [1.82, 2.24) is 4.90 Å². The van der Waals surface area contributed by atoms with Crippen LogP contribution >= 0.6 is 0 Å². The third-order valence-corrected chi connectivity index (χ3v) is 3.91. The highest BCUT2D eigenvalue weighted by atomic mass is 16.5. The minimum absolute atomic E-state index is 0.208. The van der Waals surface area contributed by atoms with Gasteiger partial charge in [0.2, 0.25) is 5.91 Å². The average Bonchev–Trinajstić information content (AvgIpc) is 2.37. The number of aliphatic carboxylic acids is 1. The van der Waals surface area contributed by atoms with Crippen LogP contribution in [0, 0.1) is 0 Å². The Morgan fingerprint density at radius 1 is 1.33 bits per heavy atom. The van der Waals surface area contributed by atoms with Gasteiger partial charge in [0.15, 0.2) is 5.54 Å². The monoisotopic (exact) mass is 291 g/mol. The van der Waals surface area contributed by atoms with Crippen LogP contribution in [0.2, 0.25) is 0 Å². The fourth-order valence-corrected chi connectivity index (χ4v) is 3.25. The maximum Gasteiger partial charge on any atom is 0.334 e. The van der Waals surface area contributed by atoms with Gasteiger partial charge in [-0.2, -0.15) is 0 Å². The van der Waals surface area contributed by atoms with Gasteiger partial charge in [0.05, 0.1) is 0 Å². The molecule has 1 N–H and O–H groups in total. The SMILES string of the molecule is CCN(C(C)=O)C1(C(=O)O)CC(C)(C)Oc2ccccc21. The standard InChI is InChI=1S/C16H21NO4/c1-5-17(11(2)18)16(14(19)20)10-15(3,4)21-13-9-7-6-8-12(13)16/h6-9H,5,10H2,1-4H3,(H,19,20). The molecule has 0 spiro atoms. The number of carbonyl (C=O) groups excluding carboxylic acids is 1. The van der Waals surface area contributed by atoms with E-state index in [9.17, 15) is 14.7 Å². The molecule has 0 radical (unpaired) electrons. The van der Waals surface area contributed by atoms with Gasteiger partial charge in [0.25, 0.3) is 0 Å². The van der Waals surface area contributed by atoms with E-state index >= 15 is 0 Å². The Bertz CT molecular complexity index is 581. The molecule has 0 bridgehead atoms. The highest BCUT2D eigenvalue weighted by molar-refractivity contribution is 5.88. The van der Waals surface area contributed by atoms with Crippen molar-refractivity contribution in [2.75, 3.05) is 6.54 Å². The first-order valence-corrected chi connectivity index (χ1v) is 7.05. The summed E-state index contributed by atoms with van der Waals surface area (Å²) < 4.78 is 5.90. The molecule has 1 heterocycles. The third kappa shape index (κ3) is 2.37. The van der Waals surface area contributed by atoms with E-state index in [4.69, 9.17) is 4.74 Å². The van der Waals surface area contributed by atoms with Gasteiger partial charge in [0.1, 0.15) is 11.4 Å². The van der Waals surface area contributed by atoms with Gasteiger partial charge < -0.3 is 14.7 Å². The number of amides is 1. The quantitative estimate of drug-likeness (QED) is 0.928. The first-order valence-electron chi connectivity index (χ1n) is 7.05. The largest absolute Gasteiger partial charge is 0.487 e. The summed E-state index contributed by atoms with van der Waals surface area (Å²) in [7, 11) is 0. The average molecular weight is 291 g/mol. The Labute approximate surface area is 124 Å². The molecule has 0 fully saturated rings. The number of para-hydroxylation sites is 1. The zero-order valence-electron chi connectivity index (χ0n) is 12.8. The number of hydrogen-bond donors (Lipinski definition) is 1. The number of likely N-dealkylation sites (N-methyl/N-ethyl adjacent to an activating group) is 1. The zero-order chi connectivity index (χ0) is 15.8. The molecule has 1 aliphatic rings. The molecule has 0 aliphatic carbocycles. The summed E-state index contributed by atoms with van der Waals surface area (Å²) in [5.74, 6) is -0.758. The smallest absolute Gasteiger partial charge is 0.334 e. The van der Waals surface area contributed by atoms with Gasteiger partial charge in [-0.3, -0.25) is 4.79 Å². The van der Waals surface area contributed by atoms with Crippen molar-refractivity contribution in [3.05, 3.63) is 29.8 Å². The lowest BCUT2D eigenvalue weighted by atomic mass is 9.76. The first-order chi connectivity index (χ1) is 9.74. The Hall–Kier alpha value is -2.04. The molecular formula is C16H21NO4. The fourth-order valence-electron chi connectivity index (χ4n) is 3.25. The summed E-state index contributed by atoms with van der Waals surface area (Å²) in [6.45, 7) is 7.20. The zero-order valence-corrected chi connectivity index (χ0v) is 12.8. The summed E-state index contributed by atoms with van der Waals surface area (Å²) in [4.78, 5) is 25.6. The van der Waals surface area contributed by atoms with Gasteiger partial charge in [-0.25, -0.2) is 4.79 Å². The lowest BCUT2D eigenvalue weighted by molar-refractivity contribution is -0.166. The number of carboxylic acid groups (broad SMARTS) is 1. The van der Waals surface area contributed by atoms with Crippen LogP contribution in [0.3, 0.4) is 0 Å². The van der Waals surface area contributed by atoms with Gasteiger partial charge in [-0.05, 0) is 26.8 Å². The number of hydrogen-bond acceptors (Lipinski definition) is 3. The first kappa shape index (κ1) is 15.4. The number of carboxylic acids is 1. The van der Waals surface area contributed by atoms with Crippen LogP contribution in [0.4, 0.5) is 0 Å². The second-order valence-corrected chi connectivity index (χ2v) is 5.96. The van der Waals surface area contributed by atoms with E-state index in [0.717, 1.165) is 0 Å². The van der Waals surface area contributed by atoms with Gasteiger partial charge in [-0.1, -0.05) is 18.2 Å². The molecule has 21 heavy (non-hydrogen) atoms. The Balaban J connectivity index is 2.75. The highest BCUT2D eigenvalue weighted by Crippen LogP contribution is 2.47. The summed E-state index contributed by atoms with van der Waals surface area (Å²) in [5, 5.41) is 9.97. The van der Waals surface area contributed by atoms with E-state index in [1.54, 1.807) is 31.2 Å². The molecule has 1 aromatic rings. The molecule has 5 nitrogen and oxygen atoms in total. The van der Waals surface area contributed by atoms with Crippen LogP contribution in [0.1, 0.15) is 39.7 Å². The van der Waals surface area contributed by atoms with Crippen LogP contribution in [0.15, 0.2) is 24.3 Å². The maximum atomic E-state index is 12.2. The molecule has 2 rings (SSSR count). The molecule has 1 amide bonds. The van der Waals surface area contributed by atoms with Gasteiger partial charge in [0, 0.05) is 25.5 Å². The summed E-state index contributed by atoms with van der Waals surface area (Å²) in [6, 6.07) is 7.05. The van der Waals surface area contributed by atoms with Crippen LogP contribution in [-0.2, 0) is 15.1 Å². The fraction of sp³-hybridized carbons (Fsp3) is 0.500. The van der Waals surface area contributed by atoms with E-state index in [2.05, 4.69) is 0 Å². The predicted octanol–water partition coefficient (Wildman–Crippen LogP) is 2.40.